The third-order valence-corrected chi connectivity index (χ3v) is 4.07. The van der Waals surface area contributed by atoms with Gasteiger partial charge in [0.05, 0.1) is 35.5 Å². The predicted octanol–water partition coefficient (Wildman–Crippen LogP) is 2.93. The molecule has 0 unspecified atom stereocenters. The summed E-state index contributed by atoms with van der Waals surface area (Å²) in [6, 6.07) is 6.25. The zero-order valence-electron chi connectivity index (χ0n) is 13.0. The molecule has 1 saturated heterocycles. The average molecular weight is 302 g/mol. The number of aromatic nitrogens is 1. The Morgan fingerprint density at radius 1 is 1.36 bits per heavy atom. The molecule has 0 spiro atoms. The number of halogens is 1. The van der Waals surface area contributed by atoms with Gasteiger partial charge in [-0.15, -0.1) is 0 Å². The van der Waals surface area contributed by atoms with Crippen molar-refractivity contribution in [1.29, 1.82) is 0 Å². The summed E-state index contributed by atoms with van der Waals surface area (Å²) in [6.07, 6.45) is 0.0305. The Labute approximate surface area is 128 Å². The molecule has 0 saturated carbocycles. The maximum absolute atomic E-state index is 13.3. The predicted molar refractivity (Wildman–Crippen MR) is 82.4 cm³/mol. The van der Waals surface area contributed by atoms with E-state index in [9.17, 15) is 9.18 Å². The molecule has 2 heterocycles. The molecule has 2 atom stereocenters. The molecule has 116 valence electrons. The fraction of sp³-hybridized carbons (Fsp3) is 0.412. The number of nitrogens with zero attached hydrogens (tertiary/aromatic N) is 2. The van der Waals surface area contributed by atoms with Crippen molar-refractivity contribution in [3.05, 3.63) is 41.3 Å². The van der Waals surface area contributed by atoms with Crippen molar-refractivity contribution in [2.24, 2.45) is 0 Å². The van der Waals surface area contributed by atoms with E-state index >= 15 is 0 Å². The molecule has 1 aliphatic rings. The number of carbonyl (C=O) groups is 1. The van der Waals surface area contributed by atoms with Gasteiger partial charge in [0.25, 0.3) is 5.91 Å². The van der Waals surface area contributed by atoms with Gasteiger partial charge in [0.1, 0.15) is 5.82 Å². The van der Waals surface area contributed by atoms with Crippen LogP contribution in [0.25, 0.3) is 10.9 Å². The minimum absolute atomic E-state index is 0.0305. The number of ether oxygens (including phenoxy) is 1. The van der Waals surface area contributed by atoms with Crippen LogP contribution < -0.4 is 0 Å². The van der Waals surface area contributed by atoms with Gasteiger partial charge in [-0.25, -0.2) is 4.39 Å². The lowest BCUT2D eigenvalue weighted by molar-refractivity contribution is -0.0387. The summed E-state index contributed by atoms with van der Waals surface area (Å²) >= 11 is 0. The molecule has 2 aromatic rings. The maximum atomic E-state index is 13.3. The lowest BCUT2D eigenvalue weighted by Crippen LogP contribution is -2.50. The number of hydrogen-bond donors (Lipinski definition) is 0. The second-order valence-electron chi connectivity index (χ2n) is 5.91. The molecule has 0 aliphatic carbocycles. The van der Waals surface area contributed by atoms with E-state index < -0.39 is 0 Å². The smallest absolute Gasteiger partial charge is 0.256 e. The number of fused-ring (bicyclic) bond motifs is 1. The summed E-state index contributed by atoms with van der Waals surface area (Å²) in [4.78, 5) is 19.0. The van der Waals surface area contributed by atoms with Crippen molar-refractivity contribution in [1.82, 2.24) is 9.88 Å². The SMILES string of the molecule is Cc1nc2cc(F)ccc2cc1C(=O)N1C[C@H](C)OC[C@@H]1C. The maximum Gasteiger partial charge on any atom is 0.256 e. The number of aryl methyl sites for hydroxylation is 1. The van der Waals surface area contributed by atoms with Crippen LogP contribution in [0.1, 0.15) is 29.9 Å². The lowest BCUT2D eigenvalue weighted by atomic mass is 10.1. The van der Waals surface area contributed by atoms with Gasteiger partial charge in [0, 0.05) is 18.0 Å². The second-order valence-corrected chi connectivity index (χ2v) is 5.91. The lowest BCUT2D eigenvalue weighted by Gasteiger charge is -2.37. The van der Waals surface area contributed by atoms with Gasteiger partial charge >= 0.3 is 0 Å². The van der Waals surface area contributed by atoms with Crippen molar-refractivity contribution in [2.75, 3.05) is 13.2 Å². The number of pyridine rings is 1. The van der Waals surface area contributed by atoms with Crippen LogP contribution in [-0.2, 0) is 4.74 Å². The van der Waals surface area contributed by atoms with E-state index in [1.807, 2.05) is 18.7 Å². The van der Waals surface area contributed by atoms with Crippen LogP contribution in [0.4, 0.5) is 4.39 Å². The zero-order chi connectivity index (χ0) is 15.9. The molecule has 4 nitrogen and oxygen atoms in total. The average Bonchev–Trinajstić information content (AvgIpc) is 2.48. The van der Waals surface area contributed by atoms with Gasteiger partial charge in [-0.1, -0.05) is 0 Å². The highest BCUT2D eigenvalue weighted by Gasteiger charge is 2.29. The topological polar surface area (TPSA) is 42.4 Å². The van der Waals surface area contributed by atoms with Crippen LogP contribution in [-0.4, -0.2) is 41.1 Å². The highest BCUT2D eigenvalue weighted by Crippen LogP contribution is 2.21. The van der Waals surface area contributed by atoms with Crippen LogP contribution in [0.15, 0.2) is 24.3 Å². The zero-order valence-corrected chi connectivity index (χ0v) is 13.0. The number of rotatable bonds is 1. The number of hydrogen-bond acceptors (Lipinski definition) is 3. The number of carbonyl (C=O) groups excluding carboxylic acids is 1. The fourth-order valence-electron chi connectivity index (χ4n) is 2.79. The van der Waals surface area contributed by atoms with Gasteiger partial charge in [-0.2, -0.15) is 0 Å². The van der Waals surface area contributed by atoms with Crippen LogP contribution in [0, 0.1) is 12.7 Å². The quantitative estimate of drug-likeness (QED) is 0.813. The van der Waals surface area contributed by atoms with Crippen molar-refractivity contribution in [3.63, 3.8) is 0 Å². The monoisotopic (exact) mass is 302 g/mol. The standard InChI is InChI=1S/C17H19FN2O2/c1-10-9-22-11(2)8-20(10)17(21)15-6-13-4-5-14(18)7-16(13)19-12(15)3/h4-7,10-11H,8-9H2,1-3H3/t10-,11-/m0/s1. The Bertz CT molecular complexity index is 732. The Hall–Kier alpha value is -2.01. The van der Waals surface area contributed by atoms with E-state index in [-0.39, 0.29) is 23.9 Å². The third-order valence-electron chi connectivity index (χ3n) is 4.07. The minimum Gasteiger partial charge on any atom is -0.375 e. The van der Waals surface area contributed by atoms with E-state index in [2.05, 4.69) is 4.98 Å². The van der Waals surface area contributed by atoms with Gasteiger partial charge in [-0.05, 0) is 39.0 Å². The first kappa shape index (κ1) is 14.9. The van der Waals surface area contributed by atoms with E-state index in [1.165, 1.54) is 12.1 Å². The Morgan fingerprint density at radius 2 is 2.14 bits per heavy atom. The van der Waals surface area contributed by atoms with Crippen molar-refractivity contribution < 1.29 is 13.9 Å². The molecule has 1 aliphatic heterocycles. The van der Waals surface area contributed by atoms with Crippen molar-refractivity contribution in [3.8, 4) is 0 Å². The molecule has 1 fully saturated rings. The highest BCUT2D eigenvalue weighted by atomic mass is 19.1. The van der Waals surface area contributed by atoms with Crippen LogP contribution >= 0.6 is 0 Å². The molecule has 0 N–H and O–H groups in total. The molecule has 5 heteroatoms. The van der Waals surface area contributed by atoms with E-state index in [0.717, 1.165) is 5.39 Å². The molecule has 0 bridgehead atoms. The van der Waals surface area contributed by atoms with Crippen molar-refractivity contribution in [2.45, 2.75) is 32.9 Å². The third kappa shape index (κ3) is 2.68. The first-order valence-electron chi connectivity index (χ1n) is 7.45. The Morgan fingerprint density at radius 3 is 2.91 bits per heavy atom. The van der Waals surface area contributed by atoms with Crippen LogP contribution in [0.2, 0.25) is 0 Å². The van der Waals surface area contributed by atoms with Gasteiger partial charge in [0.15, 0.2) is 0 Å². The van der Waals surface area contributed by atoms with Crippen LogP contribution in [0.3, 0.4) is 0 Å². The van der Waals surface area contributed by atoms with Gasteiger partial charge in [-0.3, -0.25) is 9.78 Å². The molecule has 1 aromatic heterocycles. The minimum atomic E-state index is -0.325. The summed E-state index contributed by atoms with van der Waals surface area (Å²) in [5.74, 6) is -0.368. The molecule has 0 radical (unpaired) electrons. The summed E-state index contributed by atoms with van der Waals surface area (Å²) in [6.45, 7) is 6.83. The molecule has 1 amide bonds. The van der Waals surface area contributed by atoms with Gasteiger partial charge < -0.3 is 9.64 Å². The van der Waals surface area contributed by atoms with E-state index in [4.69, 9.17) is 4.74 Å². The summed E-state index contributed by atoms with van der Waals surface area (Å²) in [7, 11) is 0. The number of benzene rings is 1. The summed E-state index contributed by atoms with van der Waals surface area (Å²) in [5, 5.41) is 0.768. The Kier molecular flexibility index (Phi) is 3.83. The normalized spacial score (nSPS) is 22.1. The van der Waals surface area contributed by atoms with Gasteiger partial charge in [0.2, 0.25) is 0 Å². The molecule has 3 rings (SSSR count). The molecular formula is C17H19FN2O2. The largest absolute Gasteiger partial charge is 0.375 e. The number of morpholine rings is 1. The fourth-order valence-corrected chi connectivity index (χ4v) is 2.79. The second kappa shape index (κ2) is 5.65. The summed E-state index contributed by atoms with van der Waals surface area (Å²) < 4.78 is 18.9. The first-order valence-corrected chi connectivity index (χ1v) is 7.45. The first-order chi connectivity index (χ1) is 10.5. The van der Waals surface area contributed by atoms with E-state index in [0.29, 0.717) is 29.9 Å². The molecule has 22 heavy (non-hydrogen) atoms. The Balaban J connectivity index is 2.00. The highest BCUT2D eigenvalue weighted by molar-refractivity contribution is 5.98. The van der Waals surface area contributed by atoms with Crippen LogP contribution in [0.5, 0.6) is 0 Å². The molecule has 1 aromatic carbocycles. The number of amides is 1. The molecular weight excluding hydrogens is 283 g/mol. The van der Waals surface area contributed by atoms with Crippen molar-refractivity contribution >= 4 is 16.8 Å². The van der Waals surface area contributed by atoms with E-state index in [1.54, 1.807) is 19.1 Å². The summed E-state index contributed by atoms with van der Waals surface area (Å²) in [5.41, 5.74) is 1.76.